The molecule has 0 spiro atoms. The van der Waals surface area contributed by atoms with E-state index in [0.29, 0.717) is 12.4 Å². The second-order valence-electron chi connectivity index (χ2n) is 4.55. The van der Waals surface area contributed by atoms with E-state index in [4.69, 9.17) is 5.73 Å². The van der Waals surface area contributed by atoms with E-state index in [-0.39, 0.29) is 5.91 Å². The molecule has 1 aromatic heterocycles. The van der Waals surface area contributed by atoms with Gasteiger partial charge in [-0.2, -0.15) is 0 Å². The first-order valence-corrected chi connectivity index (χ1v) is 5.17. The number of nitrogens with one attached hydrogen (secondary N) is 1. The number of nitrogens with two attached hydrogens (primary N) is 1. The summed E-state index contributed by atoms with van der Waals surface area (Å²) in [6, 6.07) is 0. The molecule has 0 atom stereocenters. The van der Waals surface area contributed by atoms with Gasteiger partial charge in [0.05, 0.1) is 16.8 Å². The van der Waals surface area contributed by atoms with E-state index in [2.05, 4.69) is 15.3 Å². The number of anilines is 1. The van der Waals surface area contributed by atoms with Crippen molar-refractivity contribution in [2.45, 2.75) is 27.7 Å². The third-order valence-corrected chi connectivity index (χ3v) is 2.44. The van der Waals surface area contributed by atoms with Crippen LogP contribution in [0.25, 0.3) is 0 Å². The Morgan fingerprint density at radius 3 is 2.69 bits per heavy atom. The standard InChI is InChI=1S/C11H18N4O/c1-7-5-13-8(2)9(15-7)14-6-11(3,4)10(12)16/h5H,6H2,1-4H3,(H2,12,16)(H,14,15). The van der Waals surface area contributed by atoms with Gasteiger partial charge < -0.3 is 11.1 Å². The Morgan fingerprint density at radius 1 is 1.50 bits per heavy atom. The van der Waals surface area contributed by atoms with Crippen molar-refractivity contribution in [3.63, 3.8) is 0 Å². The van der Waals surface area contributed by atoms with E-state index in [1.54, 1.807) is 20.0 Å². The van der Waals surface area contributed by atoms with Gasteiger partial charge in [-0.05, 0) is 27.7 Å². The van der Waals surface area contributed by atoms with Gasteiger partial charge in [-0.3, -0.25) is 9.78 Å². The topological polar surface area (TPSA) is 80.9 Å². The Morgan fingerprint density at radius 2 is 2.12 bits per heavy atom. The molecule has 0 bridgehead atoms. The van der Waals surface area contributed by atoms with Crippen LogP contribution < -0.4 is 11.1 Å². The molecule has 0 aromatic carbocycles. The maximum atomic E-state index is 11.1. The van der Waals surface area contributed by atoms with Gasteiger partial charge in [-0.25, -0.2) is 4.98 Å². The summed E-state index contributed by atoms with van der Waals surface area (Å²) in [4.78, 5) is 19.6. The second-order valence-corrected chi connectivity index (χ2v) is 4.55. The SMILES string of the molecule is Cc1cnc(C)c(NCC(C)(C)C(N)=O)n1. The van der Waals surface area contributed by atoms with Gasteiger partial charge in [0.15, 0.2) is 0 Å². The van der Waals surface area contributed by atoms with Crippen molar-refractivity contribution in [1.29, 1.82) is 0 Å². The van der Waals surface area contributed by atoms with Gasteiger partial charge in [0.25, 0.3) is 0 Å². The number of aromatic nitrogens is 2. The summed E-state index contributed by atoms with van der Waals surface area (Å²) in [5.41, 5.74) is 6.34. The van der Waals surface area contributed by atoms with Gasteiger partial charge in [-0.15, -0.1) is 0 Å². The fraction of sp³-hybridized carbons (Fsp3) is 0.545. The van der Waals surface area contributed by atoms with E-state index >= 15 is 0 Å². The van der Waals surface area contributed by atoms with Crippen molar-refractivity contribution in [3.8, 4) is 0 Å². The fourth-order valence-electron chi connectivity index (χ4n) is 1.10. The minimum absolute atomic E-state index is 0.335. The monoisotopic (exact) mass is 222 g/mol. The van der Waals surface area contributed by atoms with Crippen LogP contribution in [0.4, 0.5) is 5.82 Å². The second kappa shape index (κ2) is 4.47. The highest BCUT2D eigenvalue weighted by Gasteiger charge is 2.24. The molecular formula is C11H18N4O. The first kappa shape index (κ1) is 12.4. The van der Waals surface area contributed by atoms with Gasteiger partial charge in [-0.1, -0.05) is 0 Å². The fourth-order valence-corrected chi connectivity index (χ4v) is 1.10. The lowest BCUT2D eigenvalue weighted by molar-refractivity contribution is -0.125. The third-order valence-electron chi connectivity index (χ3n) is 2.44. The predicted molar refractivity (Wildman–Crippen MR) is 63.0 cm³/mol. The summed E-state index contributed by atoms with van der Waals surface area (Å²) >= 11 is 0. The lowest BCUT2D eigenvalue weighted by Gasteiger charge is -2.21. The molecule has 0 fully saturated rings. The van der Waals surface area contributed by atoms with Gasteiger partial charge in [0, 0.05) is 12.7 Å². The van der Waals surface area contributed by atoms with Crippen LogP contribution in [-0.4, -0.2) is 22.4 Å². The zero-order chi connectivity index (χ0) is 12.3. The van der Waals surface area contributed by atoms with E-state index in [9.17, 15) is 4.79 Å². The van der Waals surface area contributed by atoms with Crippen molar-refractivity contribution in [2.75, 3.05) is 11.9 Å². The third kappa shape index (κ3) is 2.92. The average molecular weight is 222 g/mol. The van der Waals surface area contributed by atoms with Crippen molar-refractivity contribution in [3.05, 3.63) is 17.6 Å². The van der Waals surface area contributed by atoms with Crippen LogP contribution >= 0.6 is 0 Å². The zero-order valence-corrected chi connectivity index (χ0v) is 10.2. The number of hydrogen-bond donors (Lipinski definition) is 2. The molecule has 1 heterocycles. The van der Waals surface area contributed by atoms with Gasteiger partial charge in [0.2, 0.25) is 5.91 Å². The molecule has 0 saturated carbocycles. The van der Waals surface area contributed by atoms with Crippen LogP contribution in [0.5, 0.6) is 0 Å². The van der Waals surface area contributed by atoms with Crippen LogP contribution in [-0.2, 0) is 4.79 Å². The summed E-state index contributed by atoms with van der Waals surface area (Å²) in [6.07, 6.45) is 1.71. The highest BCUT2D eigenvalue weighted by Crippen LogP contribution is 2.16. The van der Waals surface area contributed by atoms with Gasteiger partial charge in [0.1, 0.15) is 5.82 Å². The summed E-state index contributed by atoms with van der Waals surface area (Å²) < 4.78 is 0. The average Bonchev–Trinajstić information content (AvgIpc) is 2.19. The van der Waals surface area contributed by atoms with Crippen molar-refractivity contribution in [1.82, 2.24) is 9.97 Å². The molecule has 0 aliphatic heterocycles. The maximum Gasteiger partial charge on any atom is 0.224 e. The molecule has 1 aromatic rings. The van der Waals surface area contributed by atoms with Crippen LogP contribution in [0.1, 0.15) is 25.2 Å². The lowest BCUT2D eigenvalue weighted by Crippen LogP contribution is -2.37. The molecule has 0 aliphatic rings. The number of carbonyl (C=O) groups is 1. The Kier molecular flexibility index (Phi) is 3.47. The Balaban J connectivity index is 2.75. The lowest BCUT2D eigenvalue weighted by atomic mass is 9.93. The zero-order valence-electron chi connectivity index (χ0n) is 10.2. The first-order valence-electron chi connectivity index (χ1n) is 5.17. The van der Waals surface area contributed by atoms with Crippen molar-refractivity contribution >= 4 is 11.7 Å². The molecule has 3 N–H and O–H groups in total. The van der Waals surface area contributed by atoms with Crippen molar-refractivity contribution < 1.29 is 4.79 Å². The number of rotatable bonds is 4. The quantitative estimate of drug-likeness (QED) is 0.796. The number of carbonyl (C=O) groups excluding carboxylic acids is 1. The first-order chi connectivity index (χ1) is 7.33. The Hall–Kier alpha value is -1.65. The normalized spacial score (nSPS) is 11.2. The predicted octanol–water partition coefficient (Wildman–Crippen LogP) is 1.02. The van der Waals surface area contributed by atoms with Crippen LogP contribution in [0.2, 0.25) is 0 Å². The molecule has 0 radical (unpaired) electrons. The summed E-state index contributed by atoms with van der Waals surface area (Å²) in [7, 11) is 0. The van der Waals surface area contributed by atoms with E-state index in [1.807, 2.05) is 13.8 Å². The summed E-state index contributed by atoms with van der Waals surface area (Å²) in [5, 5.41) is 3.10. The molecule has 0 aliphatic carbocycles. The van der Waals surface area contributed by atoms with Crippen LogP contribution in [0, 0.1) is 19.3 Å². The Labute approximate surface area is 95.5 Å². The minimum Gasteiger partial charge on any atom is -0.369 e. The van der Waals surface area contributed by atoms with Crippen molar-refractivity contribution in [2.24, 2.45) is 11.1 Å². The number of primary amides is 1. The summed E-state index contributed by atoms with van der Waals surface area (Å²) in [5.74, 6) is 0.368. The van der Waals surface area contributed by atoms with E-state index in [0.717, 1.165) is 11.4 Å². The van der Waals surface area contributed by atoms with Crippen LogP contribution in [0.3, 0.4) is 0 Å². The molecule has 5 heteroatoms. The number of hydrogen-bond acceptors (Lipinski definition) is 4. The highest BCUT2D eigenvalue weighted by molar-refractivity contribution is 5.80. The van der Waals surface area contributed by atoms with Gasteiger partial charge >= 0.3 is 0 Å². The summed E-state index contributed by atoms with van der Waals surface area (Å²) in [6.45, 7) is 7.77. The molecular weight excluding hydrogens is 204 g/mol. The highest BCUT2D eigenvalue weighted by atomic mass is 16.1. The molecule has 1 amide bonds. The van der Waals surface area contributed by atoms with E-state index in [1.165, 1.54) is 0 Å². The molecule has 16 heavy (non-hydrogen) atoms. The Bertz CT molecular complexity index is 401. The van der Waals surface area contributed by atoms with Crippen LogP contribution in [0.15, 0.2) is 6.20 Å². The molecule has 0 saturated heterocycles. The minimum atomic E-state index is -0.599. The van der Waals surface area contributed by atoms with E-state index < -0.39 is 5.41 Å². The smallest absolute Gasteiger partial charge is 0.224 e. The molecule has 5 nitrogen and oxygen atoms in total. The molecule has 1 rings (SSSR count). The number of nitrogens with zero attached hydrogens (tertiary/aromatic N) is 2. The largest absolute Gasteiger partial charge is 0.369 e. The maximum absolute atomic E-state index is 11.1. The number of amides is 1. The molecule has 88 valence electrons. The number of aryl methyl sites for hydroxylation is 2. The molecule has 0 unspecified atom stereocenters.